The van der Waals surface area contributed by atoms with E-state index in [4.69, 9.17) is 9.47 Å². The normalized spacial score (nSPS) is 15.2. The number of hydrogen-bond donors (Lipinski definition) is 0. The number of rotatable bonds is 13. The van der Waals surface area contributed by atoms with Crippen LogP contribution in [0.15, 0.2) is 54.6 Å². The molecule has 0 N–H and O–H groups in total. The van der Waals surface area contributed by atoms with Gasteiger partial charge >= 0.3 is 0 Å². The average Bonchev–Trinajstić information content (AvgIpc) is 2.87. The summed E-state index contributed by atoms with van der Waals surface area (Å²) in [6.45, 7) is 10.6. The van der Waals surface area contributed by atoms with Gasteiger partial charge in [-0.2, -0.15) is 0 Å². The number of benzene rings is 2. The van der Waals surface area contributed by atoms with Gasteiger partial charge in [-0.05, 0) is 36.1 Å². The van der Waals surface area contributed by atoms with E-state index in [9.17, 15) is 4.79 Å². The lowest BCUT2D eigenvalue weighted by Gasteiger charge is -2.32. The number of carbonyl (C=O) groups is 1. The first kappa shape index (κ1) is 25.3. The molecule has 5 nitrogen and oxygen atoms in total. The van der Waals surface area contributed by atoms with Gasteiger partial charge in [0.1, 0.15) is 12.4 Å². The van der Waals surface area contributed by atoms with Crippen LogP contribution >= 0.6 is 0 Å². The minimum absolute atomic E-state index is 0.104. The van der Waals surface area contributed by atoms with E-state index in [0.29, 0.717) is 13.2 Å². The molecule has 1 amide bonds. The third-order valence-corrected chi connectivity index (χ3v) is 6.37. The van der Waals surface area contributed by atoms with Crippen molar-refractivity contribution in [2.75, 3.05) is 39.4 Å². The van der Waals surface area contributed by atoms with Gasteiger partial charge in [0.2, 0.25) is 5.91 Å². The Hall–Kier alpha value is -2.37. The molecule has 1 atom stereocenters. The molecular formula is C28H40N2O3. The van der Waals surface area contributed by atoms with Crippen LogP contribution in [0.1, 0.15) is 50.7 Å². The lowest BCUT2D eigenvalue weighted by Crippen LogP contribution is -2.44. The van der Waals surface area contributed by atoms with Gasteiger partial charge in [-0.3, -0.25) is 9.69 Å². The quantitative estimate of drug-likeness (QED) is 0.422. The third-order valence-electron chi connectivity index (χ3n) is 6.37. The zero-order valence-electron chi connectivity index (χ0n) is 20.4. The van der Waals surface area contributed by atoms with Crippen molar-refractivity contribution in [3.63, 3.8) is 0 Å². The van der Waals surface area contributed by atoms with Crippen molar-refractivity contribution >= 4 is 5.91 Å². The first-order chi connectivity index (χ1) is 16.2. The summed E-state index contributed by atoms with van der Waals surface area (Å²) >= 11 is 0. The summed E-state index contributed by atoms with van der Waals surface area (Å²) in [5.74, 6) is 1.23. The van der Waals surface area contributed by atoms with Gasteiger partial charge in [0.15, 0.2) is 0 Å². The van der Waals surface area contributed by atoms with Crippen LogP contribution in [0.4, 0.5) is 0 Å². The van der Waals surface area contributed by atoms with Gasteiger partial charge in [-0.25, -0.2) is 0 Å². The lowest BCUT2D eigenvalue weighted by molar-refractivity contribution is -0.137. The highest BCUT2D eigenvalue weighted by atomic mass is 16.5. The summed E-state index contributed by atoms with van der Waals surface area (Å²) in [5, 5.41) is 0. The van der Waals surface area contributed by atoms with Crippen LogP contribution in [0.5, 0.6) is 5.75 Å². The summed E-state index contributed by atoms with van der Waals surface area (Å²) in [6.07, 6.45) is 4.09. The molecule has 0 aliphatic carbocycles. The fraction of sp³-hybridized carbons (Fsp3) is 0.536. The number of morpholine rings is 1. The molecule has 0 bridgehead atoms. The second-order valence-corrected chi connectivity index (χ2v) is 8.88. The molecule has 0 spiro atoms. The second-order valence-electron chi connectivity index (χ2n) is 8.88. The van der Waals surface area contributed by atoms with E-state index in [1.165, 1.54) is 0 Å². The molecule has 0 saturated carbocycles. The van der Waals surface area contributed by atoms with Crippen molar-refractivity contribution < 1.29 is 14.3 Å². The number of amides is 1. The van der Waals surface area contributed by atoms with Crippen LogP contribution < -0.4 is 4.74 Å². The Morgan fingerprint density at radius 2 is 1.82 bits per heavy atom. The lowest BCUT2D eigenvalue weighted by atomic mass is 9.97. The van der Waals surface area contributed by atoms with Crippen LogP contribution in [0.25, 0.3) is 0 Å². The summed E-state index contributed by atoms with van der Waals surface area (Å²) in [5.41, 5.74) is 2.26. The van der Waals surface area contributed by atoms with Gasteiger partial charge in [-0.15, -0.1) is 0 Å². The SMILES string of the molecule is CCCCC(CC)C(=O)N(CCN1CCOCC1)Cc1cccc(OCc2ccccc2)c1. The smallest absolute Gasteiger partial charge is 0.226 e. The second kappa shape index (κ2) is 14.0. The molecule has 1 unspecified atom stereocenters. The Balaban J connectivity index is 1.66. The van der Waals surface area contributed by atoms with E-state index in [1.807, 2.05) is 30.3 Å². The fourth-order valence-corrected chi connectivity index (χ4v) is 4.26. The van der Waals surface area contributed by atoms with E-state index in [1.54, 1.807) is 0 Å². The molecule has 1 saturated heterocycles. The summed E-state index contributed by atoms with van der Waals surface area (Å²) in [4.78, 5) is 18.0. The van der Waals surface area contributed by atoms with Crippen molar-refractivity contribution in [2.24, 2.45) is 5.92 Å². The summed E-state index contributed by atoms with van der Waals surface area (Å²) < 4.78 is 11.5. The predicted molar refractivity (Wildman–Crippen MR) is 133 cm³/mol. The Labute approximate surface area is 199 Å². The van der Waals surface area contributed by atoms with Crippen molar-refractivity contribution in [1.82, 2.24) is 9.80 Å². The maximum absolute atomic E-state index is 13.5. The standard InChI is InChI=1S/C28H40N2O3/c1-3-5-13-26(4-2)28(31)30(16-15-29-17-19-32-20-18-29)22-25-12-9-14-27(21-25)33-23-24-10-7-6-8-11-24/h6-12,14,21,26H,3-5,13,15-20,22-23H2,1-2H3. The fourth-order valence-electron chi connectivity index (χ4n) is 4.26. The van der Waals surface area contributed by atoms with Crippen LogP contribution in [0.3, 0.4) is 0 Å². The third kappa shape index (κ3) is 8.49. The molecule has 1 heterocycles. The topological polar surface area (TPSA) is 42.0 Å². The van der Waals surface area contributed by atoms with E-state index >= 15 is 0 Å². The Bertz CT molecular complexity index is 821. The van der Waals surface area contributed by atoms with E-state index in [2.05, 4.69) is 47.9 Å². The van der Waals surface area contributed by atoms with Gasteiger partial charge in [0.25, 0.3) is 0 Å². The maximum Gasteiger partial charge on any atom is 0.226 e. The molecule has 0 radical (unpaired) electrons. The van der Waals surface area contributed by atoms with Crippen molar-refractivity contribution in [3.8, 4) is 5.75 Å². The maximum atomic E-state index is 13.5. The number of ether oxygens (including phenoxy) is 2. The van der Waals surface area contributed by atoms with Crippen LogP contribution in [-0.4, -0.2) is 55.1 Å². The summed E-state index contributed by atoms with van der Waals surface area (Å²) in [7, 11) is 0. The number of carbonyl (C=O) groups excluding carboxylic acids is 1. The van der Waals surface area contributed by atoms with Gasteiger partial charge in [-0.1, -0.05) is 69.2 Å². The molecule has 1 fully saturated rings. The van der Waals surface area contributed by atoms with Gasteiger partial charge in [0, 0.05) is 38.6 Å². The molecule has 0 aromatic heterocycles. The monoisotopic (exact) mass is 452 g/mol. The zero-order valence-corrected chi connectivity index (χ0v) is 20.4. The molecular weight excluding hydrogens is 412 g/mol. The number of nitrogens with zero attached hydrogens (tertiary/aromatic N) is 2. The van der Waals surface area contributed by atoms with E-state index in [-0.39, 0.29) is 11.8 Å². The van der Waals surface area contributed by atoms with Gasteiger partial charge < -0.3 is 14.4 Å². The first-order valence-corrected chi connectivity index (χ1v) is 12.5. The molecule has 3 rings (SSSR count). The number of unbranched alkanes of at least 4 members (excludes halogenated alkanes) is 1. The highest BCUT2D eigenvalue weighted by molar-refractivity contribution is 5.78. The molecule has 1 aliphatic heterocycles. The van der Waals surface area contributed by atoms with Crippen molar-refractivity contribution in [3.05, 3.63) is 65.7 Å². The molecule has 180 valence electrons. The first-order valence-electron chi connectivity index (χ1n) is 12.5. The molecule has 2 aromatic carbocycles. The van der Waals surface area contributed by atoms with Crippen LogP contribution in [0.2, 0.25) is 0 Å². The minimum Gasteiger partial charge on any atom is -0.489 e. The molecule has 5 heteroatoms. The Morgan fingerprint density at radius 3 is 2.55 bits per heavy atom. The van der Waals surface area contributed by atoms with Gasteiger partial charge in [0.05, 0.1) is 13.2 Å². The Kier molecular flexibility index (Phi) is 10.7. The largest absolute Gasteiger partial charge is 0.489 e. The highest BCUT2D eigenvalue weighted by Crippen LogP contribution is 2.20. The Morgan fingerprint density at radius 1 is 1.06 bits per heavy atom. The highest BCUT2D eigenvalue weighted by Gasteiger charge is 2.24. The molecule has 1 aliphatic rings. The summed E-state index contributed by atoms with van der Waals surface area (Å²) in [6, 6.07) is 18.4. The van der Waals surface area contributed by atoms with Crippen LogP contribution in [-0.2, 0) is 22.7 Å². The molecule has 2 aromatic rings. The number of hydrogen-bond acceptors (Lipinski definition) is 4. The van der Waals surface area contributed by atoms with Crippen molar-refractivity contribution in [2.45, 2.75) is 52.7 Å². The molecule has 33 heavy (non-hydrogen) atoms. The minimum atomic E-state index is 0.104. The zero-order chi connectivity index (χ0) is 23.3. The average molecular weight is 453 g/mol. The van der Waals surface area contributed by atoms with Crippen LogP contribution in [0, 0.1) is 5.92 Å². The van der Waals surface area contributed by atoms with E-state index in [0.717, 1.165) is 82.0 Å². The van der Waals surface area contributed by atoms with E-state index < -0.39 is 0 Å². The predicted octanol–water partition coefficient (Wildman–Crippen LogP) is 5.14. The van der Waals surface area contributed by atoms with Crippen molar-refractivity contribution in [1.29, 1.82) is 0 Å².